The lowest BCUT2D eigenvalue weighted by Gasteiger charge is -2.31. The summed E-state index contributed by atoms with van der Waals surface area (Å²) >= 11 is 1.62. The number of Topliss-reactive ketones (excluding diaryl/α,β-unsaturated/α-hetero) is 1. The summed E-state index contributed by atoms with van der Waals surface area (Å²) in [7, 11) is 0. The van der Waals surface area contributed by atoms with Crippen LogP contribution in [0.15, 0.2) is 29.4 Å². The summed E-state index contributed by atoms with van der Waals surface area (Å²) in [4.78, 5) is 32.6. The van der Waals surface area contributed by atoms with Crippen LogP contribution in [0.4, 0.5) is 0 Å². The van der Waals surface area contributed by atoms with Gasteiger partial charge in [0, 0.05) is 12.0 Å². The number of carbonyl (C=O) groups is 2. The summed E-state index contributed by atoms with van der Waals surface area (Å²) in [6.45, 7) is 7.43. The van der Waals surface area contributed by atoms with Crippen LogP contribution in [0, 0.1) is 6.92 Å². The number of carbonyl (C=O) groups excluding carboxylic acids is 2. The minimum atomic E-state index is -0.739. The van der Waals surface area contributed by atoms with Crippen molar-refractivity contribution in [3.8, 4) is 0 Å². The Bertz CT molecular complexity index is 662. The van der Waals surface area contributed by atoms with Gasteiger partial charge in [-0.05, 0) is 58.7 Å². The maximum absolute atomic E-state index is 12.7. The van der Waals surface area contributed by atoms with Crippen LogP contribution in [0.1, 0.15) is 49.0 Å². The fraction of sp³-hybridized carbons (Fsp3) is 0.550. The highest BCUT2D eigenvalue weighted by Crippen LogP contribution is 2.22. The number of hydrogen-bond donors (Lipinski definition) is 0. The molecule has 1 fully saturated rings. The van der Waals surface area contributed by atoms with Crippen LogP contribution in [0.3, 0.4) is 0 Å². The molecule has 0 radical (unpaired) electrons. The summed E-state index contributed by atoms with van der Waals surface area (Å²) in [5.41, 5.74) is 1.19. The Hall–Kier alpha value is -1.66. The molecule has 1 aromatic rings. The van der Waals surface area contributed by atoms with Gasteiger partial charge in [0.25, 0.3) is 0 Å². The fourth-order valence-electron chi connectivity index (χ4n) is 2.88. The van der Waals surface area contributed by atoms with Crippen molar-refractivity contribution in [1.82, 2.24) is 4.90 Å². The lowest BCUT2D eigenvalue weighted by molar-refractivity contribution is -0.155. The number of ketones is 1. The molecule has 0 spiro atoms. The standard InChI is InChI=1S/C20H28N2O3S/c1-15-7-9-16(10-8-15)18(23)17(11-14-26-4)21-25-19(24)20(2,3)22-12-5-6-13-22/h7-10H,5-6,11-14H2,1-4H3/b21-17+. The van der Waals surface area contributed by atoms with E-state index in [0.29, 0.717) is 12.0 Å². The maximum atomic E-state index is 12.7. The highest BCUT2D eigenvalue weighted by atomic mass is 32.2. The van der Waals surface area contributed by atoms with Gasteiger partial charge in [-0.1, -0.05) is 35.0 Å². The molecule has 0 saturated carbocycles. The predicted octanol–water partition coefficient (Wildman–Crippen LogP) is 3.70. The minimum Gasteiger partial charge on any atom is -0.316 e. The molecule has 1 aliphatic heterocycles. The molecule has 0 N–H and O–H groups in total. The van der Waals surface area contributed by atoms with E-state index in [2.05, 4.69) is 10.1 Å². The number of hydrogen-bond acceptors (Lipinski definition) is 6. The first kappa shape index (κ1) is 20.6. The molecule has 0 atom stereocenters. The number of rotatable bonds is 8. The zero-order chi connectivity index (χ0) is 19.2. The third-order valence-corrected chi connectivity index (χ3v) is 5.37. The summed E-state index contributed by atoms with van der Waals surface area (Å²) in [6, 6.07) is 7.34. The molecule has 2 rings (SSSR count). The van der Waals surface area contributed by atoms with Crippen molar-refractivity contribution in [3.63, 3.8) is 0 Å². The number of oxime groups is 1. The fourth-order valence-corrected chi connectivity index (χ4v) is 3.28. The summed E-state index contributed by atoms with van der Waals surface area (Å²) in [6.07, 6.45) is 4.61. The van der Waals surface area contributed by atoms with Crippen molar-refractivity contribution in [2.75, 3.05) is 25.1 Å². The van der Waals surface area contributed by atoms with Gasteiger partial charge in [-0.15, -0.1) is 0 Å². The first-order chi connectivity index (χ1) is 12.4. The third kappa shape index (κ3) is 5.17. The van der Waals surface area contributed by atoms with Gasteiger partial charge in [0.05, 0.1) is 0 Å². The van der Waals surface area contributed by atoms with Crippen LogP contribution < -0.4 is 0 Å². The Morgan fingerprint density at radius 1 is 1.19 bits per heavy atom. The second kappa shape index (κ2) is 9.33. The van der Waals surface area contributed by atoms with E-state index in [4.69, 9.17) is 4.84 Å². The topological polar surface area (TPSA) is 59.0 Å². The number of aryl methyl sites for hydroxylation is 1. The molecule has 0 bridgehead atoms. The summed E-state index contributed by atoms with van der Waals surface area (Å²) < 4.78 is 0. The second-order valence-corrected chi connectivity index (χ2v) is 8.09. The van der Waals surface area contributed by atoms with E-state index >= 15 is 0 Å². The van der Waals surface area contributed by atoms with E-state index in [1.165, 1.54) is 0 Å². The number of likely N-dealkylation sites (tertiary alicyclic amines) is 1. The van der Waals surface area contributed by atoms with Gasteiger partial charge < -0.3 is 4.84 Å². The summed E-state index contributed by atoms with van der Waals surface area (Å²) in [5, 5.41) is 3.98. The molecule has 0 unspecified atom stereocenters. The monoisotopic (exact) mass is 376 g/mol. The van der Waals surface area contributed by atoms with Crippen molar-refractivity contribution in [2.45, 2.75) is 45.6 Å². The van der Waals surface area contributed by atoms with E-state index in [-0.39, 0.29) is 11.5 Å². The molecule has 0 amide bonds. The average Bonchev–Trinajstić information content (AvgIpc) is 3.17. The van der Waals surface area contributed by atoms with Gasteiger partial charge in [0.2, 0.25) is 5.78 Å². The van der Waals surface area contributed by atoms with E-state index in [1.807, 2.05) is 39.2 Å². The van der Waals surface area contributed by atoms with Gasteiger partial charge in [0.1, 0.15) is 11.3 Å². The number of nitrogens with zero attached hydrogens (tertiary/aromatic N) is 2. The Kier molecular flexibility index (Phi) is 7.41. The first-order valence-electron chi connectivity index (χ1n) is 9.00. The minimum absolute atomic E-state index is 0.189. The molecular formula is C20H28N2O3S. The van der Waals surface area contributed by atoms with E-state index in [9.17, 15) is 9.59 Å². The van der Waals surface area contributed by atoms with Crippen LogP contribution >= 0.6 is 11.8 Å². The van der Waals surface area contributed by atoms with Crippen LogP contribution in [0.25, 0.3) is 0 Å². The molecular weight excluding hydrogens is 348 g/mol. The molecule has 1 heterocycles. The molecule has 0 aliphatic carbocycles. The van der Waals surface area contributed by atoms with Gasteiger partial charge in [0.15, 0.2) is 0 Å². The Morgan fingerprint density at radius 3 is 2.38 bits per heavy atom. The second-order valence-electron chi connectivity index (χ2n) is 7.11. The average molecular weight is 377 g/mol. The summed E-state index contributed by atoms with van der Waals surface area (Å²) in [5.74, 6) is 0.132. The van der Waals surface area contributed by atoms with Crippen LogP contribution in [-0.2, 0) is 9.63 Å². The quantitative estimate of drug-likeness (QED) is 0.300. The van der Waals surface area contributed by atoms with Crippen molar-refractivity contribution in [1.29, 1.82) is 0 Å². The molecule has 142 valence electrons. The van der Waals surface area contributed by atoms with Crippen molar-refractivity contribution in [3.05, 3.63) is 35.4 Å². The largest absolute Gasteiger partial charge is 0.354 e. The smallest absolute Gasteiger partial charge is 0.316 e. The molecule has 1 aromatic carbocycles. The molecule has 1 aliphatic rings. The van der Waals surface area contributed by atoms with Crippen LogP contribution in [0.2, 0.25) is 0 Å². The van der Waals surface area contributed by atoms with Gasteiger partial charge in [-0.3, -0.25) is 9.69 Å². The van der Waals surface area contributed by atoms with E-state index in [1.54, 1.807) is 23.9 Å². The van der Waals surface area contributed by atoms with Gasteiger partial charge >= 0.3 is 5.97 Å². The molecule has 6 heteroatoms. The third-order valence-electron chi connectivity index (χ3n) is 4.75. The normalized spacial score (nSPS) is 15.9. The number of thioether (sulfide) groups is 1. The lowest BCUT2D eigenvalue weighted by atomic mass is 10.0. The van der Waals surface area contributed by atoms with Gasteiger partial charge in [-0.2, -0.15) is 11.8 Å². The zero-order valence-corrected chi connectivity index (χ0v) is 16.9. The van der Waals surface area contributed by atoms with Crippen molar-refractivity contribution in [2.24, 2.45) is 5.16 Å². The zero-order valence-electron chi connectivity index (χ0n) is 16.1. The molecule has 1 saturated heterocycles. The predicted molar refractivity (Wildman–Crippen MR) is 107 cm³/mol. The van der Waals surface area contributed by atoms with Gasteiger partial charge in [-0.25, -0.2) is 4.79 Å². The molecule has 0 aromatic heterocycles. The van der Waals surface area contributed by atoms with Crippen LogP contribution in [-0.4, -0.2) is 53.0 Å². The Morgan fingerprint density at radius 2 is 1.81 bits per heavy atom. The number of benzene rings is 1. The van der Waals surface area contributed by atoms with Crippen molar-refractivity contribution >= 4 is 29.2 Å². The van der Waals surface area contributed by atoms with Crippen molar-refractivity contribution < 1.29 is 14.4 Å². The van der Waals surface area contributed by atoms with Crippen LogP contribution in [0.5, 0.6) is 0 Å². The van der Waals surface area contributed by atoms with E-state index < -0.39 is 11.5 Å². The Labute approximate surface area is 160 Å². The maximum Gasteiger partial charge on any atom is 0.354 e. The molecule has 26 heavy (non-hydrogen) atoms. The molecule has 5 nitrogen and oxygen atoms in total. The lowest BCUT2D eigenvalue weighted by Crippen LogP contribution is -2.49. The highest BCUT2D eigenvalue weighted by Gasteiger charge is 2.38. The van der Waals surface area contributed by atoms with E-state index in [0.717, 1.165) is 37.2 Å². The Balaban J connectivity index is 2.13. The first-order valence-corrected chi connectivity index (χ1v) is 10.4. The SMILES string of the molecule is CSCC/C(=N\OC(=O)C(C)(C)N1CCCC1)C(=O)c1ccc(C)cc1. The highest BCUT2D eigenvalue weighted by molar-refractivity contribution is 7.98.